The lowest BCUT2D eigenvalue weighted by molar-refractivity contribution is 0.00803. The van der Waals surface area contributed by atoms with E-state index in [2.05, 4.69) is 10.3 Å². The molecule has 1 amide bonds. The van der Waals surface area contributed by atoms with E-state index in [0.717, 1.165) is 19.4 Å². The van der Waals surface area contributed by atoms with Gasteiger partial charge in [-0.15, -0.1) is 0 Å². The summed E-state index contributed by atoms with van der Waals surface area (Å²) < 4.78 is 5.49. The van der Waals surface area contributed by atoms with E-state index < -0.39 is 0 Å². The molecule has 0 unspecified atom stereocenters. The Labute approximate surface area is 98.3 Å². The number of hydrogen-bond acceptors (Lipinski definition) is 2. The normalized spacial score (nSPS) is 31.9. The smallest absolute Gasteiger partial charge is 0.267 e. The minimum Gasteiger partial charge on any atom is -0.378 e. The van der Waals surface area contributed by atoms with Crippen LogP contribution in [0, 0.1) is 5.92 Å². The van der Waals surface area contributed by atoms with Crippen molar-refractivity contribution < 1.29 is 9.53 Å². The first-order valence-electron chi connectivity index (χ1n) is 5.50. The highest BCUT2D eigenvalue weighted by Gasteiger charge is 2.45. The van der Waals surface area contributed by atoms with Crippen LogP contribution in [-0.4, -0.2) is 29.6 Å². The van der Waals surface area contributed by atoms with Crippen LogP contribution in [0.1, 0.15) is 23.3 Å². The Balaban J connectivity index is 1.61. The second-order valence-corrected chi connectivity index (χ2v) is 4.85. The number of halogens is 1. The van der Waals surface area contributed by atoms with Crippen molar-refractivity contribution in [2.24, 2.45) is 5.92 Å². The van der Waals surface area contributed by atoms with E-state index in [4.69, 9.17) is 16.3 Å². The van der Waals surface area contributed by atoms with Gasteiger partial charge in [0.2, 0.25) is 0 Å². The van der Waals surface area contributed by atoms with Crippen molar-refractivity contribution in [3.05, 3.63) is 23.0 Å². The number of rotatable bonds is 2. The van der Waals surface area contributed by atoms with E-state index in [1.165, 1.54) is 0 Å². The Morgan fingerprint density at radius 2 is 2.50 bits per heavy atom. The molecular weight excluding hydrogens is 228 g/mol. The minimum atomic E-state index is -0.0812. The number of carbonyl (C=O) groups is 1. The zero-order chi connectivity index (χ0) is 11.1. The highest BCUT2D eigenvalue weighted by molar-refractivity contribution is 6.30. The fourth-order valence-corrected chi connectivity index (χ4v) is 2.67. The van der Waals surface area contributed by atoms with Crippen LogP contribution in [0.3, 0.4) is 0 Å². The Morgan fingerprint density at radius 3 is 3.19 bits per heavy atom. The summed E-state index contributed by atoms with van der Waals surface area (Å²) in [4.78, 5) is 14.7. The van der Waals surface area contributed by atoms with Crippen molar-refractivity contribution in [2.75, 3.05) is 6.61 Å². The maximum Gasteiger partial charge on any atom is 0.267 e. The molecule has 86 valence electrons. The largest absolute Gasteiger partial charge is 0.378 e. The predicted octanol–water partition coefficient (Wildman–Crippen LogP) is 1.58. The maximum atomic E-state index is 11.8. The lowest BCUT2D eigenvalue weighted by Gasteiger charge is -2.39. The average molecular weight is 241 g/mol. The molecule has 0 spiro atoms. The van der Waals surface area contributed by atoms with Crippen LogP contribution in [0.4, 0.5) is 0 Å². The van der Waals surface area contributed by atoms with Gasteiger partial charge in [0, 0.05) is 24.8 Å². The van der Waals surface area contributed by atoms with Gasteiger partial charge in [0.15, 0.2) is 0 Å². The number of nitrogens with one attached hydrogen (secondary N) is 2. The van der Waals surface area contributed by atoms with Crippen LogP contribution >= 0.6 is 11.6 Å². The third-order valence-corrected chi connectivity index (χ3v) is 3.69. The van der Waals surface area contributed by atoms with Gasteiger partial charge in [-0.3, -0.25) is 4.79 Å². The third kappa shape index (κ3) is 1.62. The molecule has 0 bridgehead atoms. The van der Waals surface area contributed by atoms with Gasteiger partial charge in [0.1, 0.15) is 5.69 Å². The zero-order valence-electron chi connectivity index (χ0n) is 8.70. The monoisotopic (exact) mass is 240 g/mol. The first-order chi connectivity index (χ1) is 7.74. The summed E-state index contributed by atoms with van der Waals surface area (Å²) in [7, 11) is 0. The number of H-pyrrole nitrogens is 1. The van der Waals surface area contributed by atoms with Crippen LogP contribution < -0.4 is 5.32 Å². The maximum absolute atomic E-state index is 11.8. The summed E-state index contributed by atoms with van der Waals surface area (Å²) in [6, 6.07) is 1.90. The van der Waals surface area contributed by atoms with E-state index >= 15 is 0 Å². The fraction of sp³-hybridized carbons (Fsp3) is 0.545. The van der Waals surface area contributed by atoms with Crippen molar-refractivity contribution in [2.45, 2.75) is 25.0 Å². The van der Waals surface area contributed by atoms with Gasteiger partial charge in [0.25, 0.3) is 5.91 Å². The molecule has 2 aliphatic rings. The minimum absolute atomic E-state index is 0.0812. The second-order valence-electron chi connectivity index (χ2n) is 4.41. The Morgan fingerprint density at radius 1 is 1.62 bits per heavy atom. The van der Waals surface area contributed by atoms with Gasteiger partial charge in [-0.1, -0.05) is 11.6 Å². The van der Waals surface area contributed by atoms with Crippen LogP contribution in [0.2, 0.25) is 5.02 Å². The summed E-state index contributed by atoms with van der Waals surface area (Å²) >= 11 is 5.75. The van der Waals surface area contributed by atoms with Gasteiger partial charge in [0.05, 0.1) is 11.1 Å². The molecule has 1 aromatic heterocycles. The predicted molar refractivity (Wildman–Crippen MR) is 59.5 cm³/mol. The lowest BCUT2D eigenvalue weighted by Crippen LogP contribution is -2.53. The van der Waals surface area contributed by atoms with Crippen LogP contribution in [0.25, 0.3) is 0 Å². The van der Waals surface area contributed by atoms with Crippen molar-refractivity contribution in [1.29, 1.82) is 0 Å². The molecule has 2 fully saturated rings. The van der Waals surface area contributed by atoms with Crippen LogP contribution in [0.15, 0.2) is 12.3 Å². The van der Waals surface area contributed by atoms with Crippen LogP contribution in [0.5, 0.6) is 0 Å². The molecule has 16 heavy (non-hydrogen) atoms. The summed E-state index contributed by atoms with van der Waals surface area (Å²) in [5.41, 5.74) is 0.521. The average Bonchev–Trinajstić information content (AvgIpc) is 2.81. The fourth-order valence-electron chi connectivity index (χ4n) is 2.51. The molecule has 0 aromatic carbocycles. The number of ether oxygens (including phenoxy) is 1. The molecule has 5 heteroatoms. The Kier molecular flexibility index (Phi) is 2.41. The molecule has 2 N–H and O–H groups in total. The van der Waals surface area contributed by atoms with Gasteiger partial charge in [-0.05, 0) is 18.9 Å². The number of aromatic amines is 1. The lowest BCUT2D eigenvalue weighted by atomic mass is 9.76. The molecule has 0 radical (unpaired) electrons. The molecule has 3 atom stereocenters. The summed E-state index contributed by atoms with van der Waals surface area (Å²) in [6.07, 6.45) is 3.97. The van der Waals surface area contributed by atoms with E-state index in [1.807, 2.05) is 0 Å². The Hall–Kier alpha value is -1.00. The van der Waals surface area contributed by atoms with E-state index in [9.17, 15) is 4.79 Å². The van der Waals surface area contributed by atoms with Crippen LogP contribution in [-0.2, 0) is 4.74 Å². The van der Waals surface area contributed by atoms with Gasteiger partial charge in [-0.2, -0.15) is 0 Å². The number of fused-ring (bicyclic) bond motifs is 1. The molecule has 1 saturated heterocycles. The van der Waals surface area contributed by atoms with Gasteiger partial charge >= 0.3 is 0 Å². The standard InChI is InChI=1S/C11H13ClN2O2/c12-6-3-9(13-5-6)11(15)14-8-4-10-7(8)1-2-16-10/h3,5,7-8,10,13H,1-2,4H2,(H,14,15)/t7-,8+,10+/m1/s1. The first kappa shape index (κ1) is 10.2. The summed E-state index contributed by atoms with van der Waals surface area (Å²) in [5, 5.41) is 3.56. The van der Waals surface area contributed by atoms with Gasteiger partial charge < -0.3 is 15.0 Å². The third-order valence-electron chi connectivity index (χ3n) is 3.47. The number of carbonyl (C=O) groups excluding carboxylic acids is 1. The molecule has 2 heterocycles. The van der Waals surface area contributed by atoms with Gasteiger partial charge in [-0.25, -0.2) is 0 Å². The number of hydrogen-bond donors (Lipinski definition) is 2. The summed E-state index contributed by atoms with van der Waals surface area (Å²) in [5.74, 6) is 0.427. The highest BCUT2D eigenvalue weighted by atomic mass is 35.5. The number of aromatic nitrogens is 1. The molecular formula is C11H13ClN2O2. The molecule has 4 nitrogen and oxygen atoms in total. The van der Waals surface area contributed by atoms with Crippen molar-refractivity contribution >= 4 is 17.5 Å². The van der Waals surface area contributed by atoms with Crippen molar-refractivity contribution in [3.8, 4) is 0 Å². The molecule has 1 aliphatic heterocycles. The topological polar surface area (TPSA) is 54.1 Å². The Bertz CT molecular complexity index is 418. The van der Waals surface area contributed by atoms with Crippen molar-refractivity contribution in [1.82, 2.24) is 10.3 Å². The second kappa shape index (κ2) is 3.79. The van der Waals surface area contributed by atoms with E-state index in [-0.39, 0.29) is 11.9 Å². The molecule has 3 rings (SSSR count). The first-order valence-corrected chi connectivity index (χ1v) is 5.88. The highest BCUT2D eigenvalue weighted by Crippen LogP contribution is 2.38. The molecule has 1 aromatic rings. The van der Waals surface area contributed by atoms with Crippen molar-refractivity contribution in [3.63, 3.8) is 0 Å². The summed E-state index contributed by atoms with van der Waals surface area (Å²) in [6.45, 7) is 0.829. The quantitative estimate of drug-likeness (QED) is 0.825. The molecule has 1 saturated carbocycles. The zero-order valence-corrected chi connectivity index (χ0v) is 9.46. The molecule has 1 aliphatic carbocycles. The van der Waals surface area contributed by atoms with E-state index in [1.54, 1.807) is 12.3 Å². The van der Waals surface area contributed by atoms with E-state index in [0.29, 0.717) is 22.7 Å². The SMILES string of the molecule is O=C(N[C@H]1C[C@@H]2OCC[C@H]12)c1cc(Cl)c[nH]1. The number of amides is 1.